The number of nitrogens with zero attached hydrogens (tertiary/aromatic N) is 1. The summed E-state index contributed by atoms with van der Waals surface area (Å²) in [6, 6.07) is 4.71. The van der Waals surface area contributed by atoms with Crippen LogP contribution >= 0.6 is 0 Å². The molecule has 0 aromatic heterocycles. The number of likely N-dealkylation sites (N-methyl/N-ethyl adjacent to an activating group) is 1. The number of aryl methyl sites for hydroxylation is 1. The van der Waals surface area contributed by atoms with Gasteiger partial charge in [0.1, 0.15) is 0 Å². The normalized spacial score (nSPS) is 11.7. The van der Waals surface area contributed by atoms with Crippen LogP contribution in [0.5, 0.6) is 0 Å². The highest BCUT2D eigenvalue weighted by Gasteiger charge is 2.24. The first-order valence-electron chi connectivity index (χ1n) is 5.42. The van der Waals surface area contributed by atoms with Crippen LogP contribution in [0.1, 0.15) is 12.5 Å². The fraction of sp³-hybridized carbons (Fsp3) is 0.364. The van der Waals surface area contributed by atoms with Gasteiger partial charge in [-0.1, -0.05) is 13.0 Å². The number of nitrogen functional groups attached to an aromatic ring is 1. The van der Waals surface area contributed by atoms with E-state index in [0.29, 0.717) is 17.7 Å². The topological polar surface area (TPSA) is 106 Å². The van der Waals surface area contributed by atoms with E-state index in [2.05, 4.69) is 0 Å². The fourth-order valence-corrected chi connectivity index (χ4v) is 3.04. The highest BCUT2D eigenvalue weighted by atomic mass is 32.2. The van der Waals surface area contributed by atoms with E-state index in [1.54, 1.807) is 12.1 Å². The maximum absolute atomic E-state index is 12.3. The molecule has 1 amide bonds. The van der Waals surface area contributed by atoms with E-state index in [0.717, 1.165) is 4.31 Å². The number of sulfonamides is 1. The molecule has 0 atom stereocenters. The van der Waals surface area contributed by atoms with E-state index in [9.17, 15) is 13.2 Å². The number of amides is 1. The molecule has 100 valence electrons. The molecule has 0 fully saturated rings. The summed E-state index contributed by atoms with van der Waals surface area (Å²) in [6.07, 6.45) is 0.555. The quantitative estimate of drug-likeness (QED) is 0.731. The van der Waals surface area contributed by atoms with Crippen LogP contribution in [0.4, 0.5) is 5.69 Å². The average Bonchev–Trinajstić information content (AvgIpc) is 2.28. The zero-order valence-corrected chi connectivity index (χ0v) is 11.2. The first-order chi connectivity index (χ1) is 8.28. The number of carbonyl (C=O) groups excluding carboxylic acids is 1. The summed E-state index contributed by atoms with van der Waals surface area (Å²) in [5, 5.41) is 0. The second kappa shape index (κ2) is 5.36. The minimum atomic E-state index is -3.75. The molecule has 0 saturated heterocycles. The van der Waals surface area contributed by atoms with Crippen molar-refractivity contribution in [1.29, 1.82) is 0 Å². The lowest BCUT2D eigenvalue weighted by molar-refractivity contribution is -0.118. The summed E-state index contributed by atoms with van der Waals surface area (Å²) in [5.41, 5.74) is 11.6. The van der Waals surface area contributed by atoms with Gasteiger partial charge in [0.15, 0.2) is 0 Å². The monoisotopic (exact) mass is 271 g/mol. The van der Waals surface area contributed by atoms with Gasteiger partial charge in [0.25, 0.3) is 0 Å². The third kappa shape index (κ3) is 2.99. The molecule has 6 nitrogen and oxygen atoms in total. The summed E-state index contributed by atoms with van der Waals surface area (Å²) >= 11 is 0. The standard InChI is InChI=1S/C11H17N3O3S/c1-3-8-4-5-9(12)6-10(8)18(16,17)14(2)7-11(13)15/h4-6H,3,7,12H2,1-2H3,(H2,13,15). The maximum Gasteiger partial charge on any atom is 0.243 e. The van der Waals surface area contributed by atoms with Gasteiger partial charge in [-0.25, -0.2) is 8.42 Å². The average molecular weight is 271 g/mol. The van der Waals surface area contributed by atoms with Gasteiger partial charge in [0, 0.05) is 12.7 Å². The van der Waals surface area contributed by atoms with Crippen molar-refractivity contribution in [2.24, 2.45) is 5.73 Å². The summed E-state index contributed by atoms with van der Waals surface area (Å²) in [7, 11) is -2.44. The number of primary amides is 1. The van der Waals surface area contributed by atoms with Crippen molar-refractivity contribution in [3.05, 3.63) is 23.8 Å². The Balaban J connectivity index is 3.27. The molecule has 1 rings (SSSR count). The first-order valence-corrected chi connectivity index (χ1v) is 6.86. The number of hydrogen-bond acceptors (Lipinski definition) is 4. The summed E-state index contributed by atoms with van der Waals surface area (Å²) in [5.74, 6) is -0.706. The van der Waals surface area contributed by atoms with E-state index < -0.39 is 15.9 Å². The molecule has 0 radical (unpaired) electrons. The molecule has 0 aliphatic rings. The second-order valence-corrected chi connectivity index (χ2v) is 5.96. The minimum Gasteiger partial charge on any atom is -0.399 e. The van der Waals surface area contributed by atoms with Crippen LogP contribution in [-0.4, -0.2) is 32.2 Å². The second-order valence-electron chi connectivity index (χ2n) is 3.95. The lowest BCUT2D eigenvalue weighted by Crippen LogP contribution is -2.35. The van der Waals surface area contributed by atoms with Crippen LogP contribution < -0.4 is 11.5 Å². The third-order valence-corrected chi connectivity index (χ3v) is 4.42. The van der Waals surface area contributed by atoms with Crippen LogP contribution in [0.25, 0.3) is 0 Å². The Morgan fingerprint density at radius 1 is 1.39 bits per heavy atom. The number of rotatable bonds is 5. The molecule has 0 spiro atoms. The van der Waals surface area contributed by atoms with Gasteiger partial charge in [-0.3, -0.25) is 4.79 Å². The van der Waals surface area contributed by atoms with Gasteiger partial charge >= 0.3 is 0 Å². The van der Waals surface area contributed by atoms with Crippen molar-refractivity contribution in [1.82, 2.24) is 4.31 Å². The predicted molar refractivity (Wildman–Crippen MR) is 69.2 cm³/mol. The molecule has 1 aromatic rings. The van der Waals surface area contributed by atoms with Crippen molar-refractivity contribution < 1.29 is 13.2 Å². The number of carbonyl (C=O) groups is 1. The van der Waals surface area contributed by atoms with Crippen LogP contribution in [0.2, 0.25) is 0 Å². The highest BCUT2D eigenvalue weighted by Crippen LogP contribution is 2.22. The molecule has 4 N–H and O–H groups in total. The lowest BCUT2D eigenvalue weighted by atomic mass is 10.1. The van der Waals surface area contributed by atoms with Crippen molar-refractivity contribution >= 4 is 21.6 Å². The number of nitrogens with two attached hydrogens (primary N) is 2. The van der Waals surface area contributed by atoms with Gasteiger partial charge in [-0.2, -0.15) is 4.31 Å². The SMILES string of the molecule is CCc1ccc(N)cc1S(=O)(=O)N(C)CC(N)=O. The molecule has 18 heavy (non-hydrogen) atoms. The first kappa shape index (κ1) is 14.5. The fourth-order valence-electron chi connectivity index (χ4n) is 1.58. The molecular weight excluding hydrogens is 254 g/mol. The van der Waals surface area contributed by atoms with Crippen LogP contribution in [0.15, 0.2) is 23.1 Å². The highest BCUT2D eigenvalue weighted by molar-refractivity contribution is 7.89. The molecule has 0 bridgehead atoms. The Hall–Kier alpha value is -1.60. The largest absolute Gasteiger partial charge is 0.399 e. The maximum atomic E-state index is 12.3. The van der Waals surface area contributed by atoms with Crippen molar-refractivity contribution in [3.63, 3.8) is 0 Å². The van der Waals surface area contributed by atoms with Crippen molar-refractivity contribution in [2.75, 3.05) is 19.3 Å². The molecule has 0 aliphatic heterocycles. The summed E-state index contributed by atoms with van der Waals surface area (Å²) in [4.78, 5) is 10.9. The summed E-state index contributed by atoms with van der Waals surface area (Å²) in [6.45, 7) is 1.49. The molecule has 0 aliphatic carbocycles. The van der Waals surface area contributed by atoms with Crippen LogP contribution in [0, 0.1) is 0 Å². The number of hydrogen-bond donors (Lipinski definition) is 2. The van der Waals surface area contributed by atoms with E-state index in [1.807, 2.05) is 6.92 Å². The molecule has 0 heterocycles. The minimum absolute atomic E-state index is 0.119. The predicted octanol–water partition coefficient (Wildman–Crippen LogP) is -0.0630. The Labute approximate surface area is 107 Å². The Morgan fingerprint density at radius 2 is 2.00 bits per heavy atom. The Morgan fingerprint density at radius 3 is 2.50 bits per heavy atom. The smallest absolute Gasteiger partial charge is 0.243 e. The van der Waals surface area contributed by atoms with Gasteiger partial charge < -0.3 is 11.5 Å². The van der Waals surface area contributed by atoms with E-state index in [4.69, 9.17) is 11.5 Å². The van der Waals surface area contributed by atoms with Crippen molar-refractivity contribution in [3.8, 4) is 0 Å². The summed E-state index contributed by atoms with van der Waals surface area (Å²) < 4.78 is 25.4. The Bertz CT molecular complexity index is 555. The van der Waals surface area contributed by atoms with E-state index in [-0.39, 0.29) is 11.4 Å². The molecule has 1 aromatic carbocycles. The van der Waals surface area contributed by atoms with Gasteiger partial charge in [-0.05, 0) is 24.1 Å². The zero-order chi connectivity index (χ0) is 13.9. The molecular formula is C11H17N3O3S. The zero-order valence-electron chi connectivity index (χ0n) is 10.4. The Kier molecular flexibility index (Phi) is 4.31. The third-order valence-electron chi connectivity index (χ3n) is 2.54. The molecule has 0 unspecified atom stereocenters. The van der Waals surface area contributed by atoms with E-state index >= 15 is 0 Å². The van der Waals surface area contributed by atoms with Crippen LogP contribution in [-0.2, 0) is 21.2 Å². The van der Waals surface area contributed by atoms with Gasteiger partial charge in [-0.15, -0.1) is 0 Å². The van der Waals surface area contributed by atoms with Gasteiger partial charge in [0.05, 0.1) is 11.4 Å². The molecule has 0 saturated carbocycles. The lowest BCUT2D eigenvalue weighted by Gasteiger charge is -2.18. The molecule has 7 heteroatoms. The van der Waals surface area contributed by atoms with Crippen molar-refractivity contribution in [2.45, 2.75) is 18.2 Å². The van der Waals surface area contributed by atoms with E-state index in [1.165, 1.54) is 13.1 Å². The van der Waals surface area contributed by atoms with Gasteiger partial charge in [0.2, 0.25) is 15.9 Å². The van der Waals surface area contributed by atoms with Crippen LogP contribution in [0.3, 0.4) is 0 Å². The number of anilines is 1. The number of benzene rings is 1.